The van der Waals surface area contributed by atoms with E-state index in [2.05, 4.69) is 10.1 Å². The Labute approximate surface area is 110 Å². The number of carbonyl (C=O) groups is 1. The van der Waals surface area contributed by atoms with Gasteiger partial charge in [0.25, 0.3) is 5.91 Å². The number of rotatable bonds is 6. The second-order valence-electron chi connectivity index (χ2n) is 4.03. The van der Waals surface area contributed by atoms with Crippen molar-refractivity contribution in [1.29, 1.82) is 0 Å². The Kier molecular flexibility index (Phi) is 4.32. The Morgan fingerprint density at radius 2 is 2.26 bits per heavy atom. The summed E-state index contributed by atoms with van der Waals surface area (Å²) in [6.45, 7) is 4.07. The zero-order valence-corrected chi connectivity index (χ0v) is 10.6. The number of carbonyl (C=O) groups excluding carboxylic acids is 1. The van der Waals surface area contributed by atoms with Crippen molar-refractivity contribution in [2.24, 2.45) is 5.84 Å². The largest absolute Gasteiger partial charge is 0.468 e. The van der Waals surface area contributed by atoms with E-state index >= 15 is 0 Å². The minimum atomic E-state index is -0.468. The molecule has 2 rings (SSSR count). The van der Waals surface area contributed by atoms with Gasteiger partial charge in [0.2, 0.25) is 0 Å². The van der Waals surface area contributed by atoms with Crippen molar-refractivity contribution in [3.63, 3.8) is 0 Å². The SMILES string of the molecule is CCN(Cc1ccco1)Cc1cc(C(=O)NN)no1. The maximum Gasteiger partial charge on any atom is 0.287 e. The summed E-state index contributed by atoms with van der Waals surface area (Å²) in [4.78, 5) is 13.4. The number of nitrogens with zero attached hydrogens (tertiary/aromatic N) is 2. The van der Waals surface area contributed by atoms with E-state index in [1.165, 1.54) is 0 Å². The van der Waals surface area contributed by atoms with Crippen LogP contribution in [0.4, 0.5) is 0 Å². The van der Waals surface area contributed by atoms with Crippen molar-refractivity contribution in [3.8, 4) is 0 Å². The van der Waals surface area contributed by atoms with E-state index in [-0.39, 0.29) is 5.69 Å². The van der Waals surface area contributed by atoms with Crippen molar-refractivity contribution < 1.29 is 13.7 Å². The minimum absolute atomic E-state index is 0.173. The van der Waals surface area contributed by atoms with Crippen LogP contribution in [0.15, 0.2) is 33.4 Å². The van der Waals surface area contributed by atoms with Crippen molar-refractivity contribution >= 4 is 5.91 Å². The van der Waals surface area contributed by atoms with Crippen LogP contribution in [0, 0.1) is 0 Å². The molecule has 7 heteroatoms. The van der Waals surface area contributed by atoms with Crippen molar-refractivity contribution in [2.75, 3.05) is 6.54 Å². The van der Waals surface area contributed by atoms with Gasteiger partial charge in [-0.15, -0.1) is 0 Å². The standard InChI is InChI=1S/C12H16N4O3/c1-2-16(7-9-4-3-5-18-9)8-10-6-11(15-19-10)12(17)14-13/h3-6H,2,7-8,13H2,1H3,(H,14,17). The summed E-state index contributed by atoms with van der Waals surface area (Å²) in [6, 6.07) is 5.34. The number of nitrogen functional groups attached to an aromatic ring is 1. The molecule has 0 atom stereocenters. The van der Waals surface area contributed by atoms with Gasteiger partial charge in [-0.3, -0.25) is 15.1 Å². The average Bonchev–Trinajstić information content (AvgIpc) is 3.08. The molecule has 2 aromatic heterocycles. The minimum Gasteiger partial charge on any atom is -0.468 e. The fraction of sp³-hybridized carbons (Fsp3) is 0.333. The van der Waals surface area contributed by atoms with Gasteiger partial charge in [-0.2, -0.15) is 0 Å². The lowest BCUT2D eigenvalue weighted by atomic mass is 10.3. The number of hydrogen-bond acceptors (Lipinski definition) is 6. The fourth-order valence-electron chi connectivity index (χ4n) is 1.69. The van der Waals surface area contributed by atoms with Crippen molar-refractivity contribution in [1.82, 2.24) is 15.5 Å². The van der Waals surface area contributed by atoms with E-state index in [0.717, 1.165) is 12.3 Å². The third kappa shape index (κ3) is 3.43. The summed E-state index contributed by atoms with van der Waals surface area (Å²) in [5.41, 5.74) is 2.18. The van der Waals surface area contributed by atoms with Gasteiger partial charge in [-0.05, 0) is 18.7 Å². The maximum atomic E-state index is 11.3. The summed E-state index contributed by atoms with van der Waals surface area (Å²) in [5, 5.41) is 3.65. The van der Waals surface area contributed by atoms with Gasteiger partial charge in [0.15, 0.2) is 11.5 Å². The second kappa shape index (κ2) is 6.17. The van der Waals surface area contributed by atoms with Gasteiger partial charge in [-0.25, -0.2) is 5.84 Å². The van der Waals surface area contributed by atoms with E-state index in [9.17, 15) is 4.79 Å². The first-order chi connectivity index (χ1) is 9.22. The molecule has 0 saturated carbocycles. The van der Waals surface area contributed by atoms with Gasteiger partial charge < -0.3 is 8.94 Å². The topological polar surface area (TPSA) is 97.5 Å². The van der Waals surface area contributed by atoms with Crippen LogP contribution in [-0.4, -0.2) is 22.5 Å². The first kappa shape index (κ1) is 13.3. The van der Waals surface area contributed by atoms with E-state index in [1.54, 1.807) is 12.3 Å². The zero-order valence-electron chi connectivity index (χ0n) is 10.6. The highest BCUT2D eigenvalue weighted by atomic mass is 16.5. The highest BCUT2D eigenvalue weighted by molar-refractivity contribution is 5.91. The number of nitrogens with one attached hydrogen (secondary N) is 1. The number of aromatic nitrogens is 1. The predicted octanol–water partition coefficient (Wildman–Crippen LogP) is 0.893. The molecule has 2 aromatic rings. The van der Waals surface area contributed by atoms with Gasteiger partial charge in [0, 0.05) is 6.07 Å². The van der Waals surface area contributed by atoms with E-state index in [0.29, 0.717) is 18.8 Å². The molecule has 1 amide bonds. The first-order valence-electron chi connectivity index (χ1n) is 5.94. The Bertz CT molecular complexity index is 521. The molecule has 0 aliphatic heterocycles. The van der Waals surface area contributed by atoms with Crippen LogP contribution >= 0.6 is 0 Å². The maximum absolute atomic E-state index is 11.3. The van der Waals surface area contributed by atoms with Crippen LogP contribution in [0.3, 0.4) is 0 Å². The molecule has 0 aliphatic carbocycles. The average molecular weight is 264 g/mol. The van der Waals surface area contributed by atoms with Crippen LogP contribution in [-0.2, 0) is 13.1 Å². The Morgan fingerprint density at radius 3 is 2.89 bits per heavy atom. The van der Waals surface area contributed by atoms with E-state index in [1.807, 2.05) is 24.5 Å². The number of hydrazine groups is 1. The lowest BCUT2D eigenvalue weighted by Gasteiger charge is -2.16. The Balaban J connectivity index is 1.98. The zero-order chi connectivity index (χ0) is 13.7. The predicted molar refractivity (Wildman–Crippen MR) is 66.7 cm³/mol. The van der Waals surface area contributed by atoms with E-state index in [4.69, 9.17) is 14.8 Å². The summed E-state index contributed by atoms with van der Waals surface area (Å²) < 4.78 is 10.4. The van der Waals surface area contributed by atoms with Crippen molar-refractivity contribution in [2.45, 2.75) is 20.0 Å². The van der Waals surface area contributed by atoms with Gasteiger partial charge in [0.1, 0.15) is 5.76 Å². The molecule has 0 radical (unpaired) electrons. The molecule has 2 heterocycles. The summed E-state index contributed by atoms with van der Waals surface area (Å²) in [5.74, 6) is 6.04. The lowest BCUT2D eigenvalue weighted by molar-refractivity contribution is 0.0944. The molecule has 7 nitrogen and oxygen atoms in total. The Morgan fingerprint density at radius 1 is 1.47 bits per heavy atom. The van der Waals surface area contributed by atoms with Crippen molar-refractivity contribution in [3.05, 3.63) is 41.7 Å². The number of amides is 1. The molecule has 0 saturated heterocycles. The van der Waals surface area contributed by atoms with Crippen LogP contribution in [0.5, 0.6) is 0 Å². The highest BCUT2D eigenvalue weighted by Gasteiger charge is 2.14. The summed E-state index contributed by atoms with van der Waals surface area (Å²) in [7, 11) is 0. The molecule has 19 heavy (non-hydrogen) atoms. The van der Waals surface area contributed by atoms with E-state index < -0.39 is 5.91 Å². The van der Waals surface area contributed by atoms with Gasteiger partial charge in [-0.1, -0.05) is 12.1 Å². The number of hydrogen-bond donors (Lipinski definition) is 2. The van der Waals surface area contributed by atoms with Crippen LogP contribution < -0.4 is 11.3 Å². The molecule has 3 N–H and O–H groups in total. The molecule has 0 bridgehead atoms. The Hall–Kier alpha value is -2.12. The quantitative estimate of drug-likeness (QED) is 0.457. The number of furan rings is 1. The molecule has 0 fully saturated rings. The third-order valence-electron chi connectivity index (χ3n) is 2.71. The molecule has 0 unspecified atom stereocenters. The van der Waals surface area contributed by atoms with Crippen LogP contribution in [0.25, 0.3) is 0 Å². The smallest absolute Gasteiger partial charge is 0.287 e. The third-order valence-corrected chi connectivity index (χ3v) is 2.71. The van der Waals surface area contributed by atoms with Gasteiger partial charge in [0.05, 0.1) is 19.4 Å². The monoisotopic (exact) mass is 264 g/mol. The van der Waals surface area contributed by atoms with Gasteiger partial charge >= 0.3 is 0 Å². The molecular weight excluding hydrogens is 248 g/mol. The summed E-state index contributed by atoms with van der Waals surface area (Å²) >= 11 is 0. The number of nitrogens with two attached hydrogens (primary N) is 1. The van der Waals surface area contributed by atoms with Crippen LogP contribution in [0.1, 0.15) is 28.9 Å². The molecule has 0 spiro atoms. The molecule has 0 aliphatic rings. The van der Waals surface area contributed by atoms with Crippen LogP contribution in [0.2, 0.25) is 0 Å². The second-order valence-corrected chi connectivity index (χ2v) is 4.03. The lowest BCUT2D eigenvalue weighted by Crippen LogP contribution is -2.30. The molecule has 0 aromatic carbocycles. The first-order valence-corrected chi connectivity index (χ1v) is 5.94. The fourth-order valence-corrected chi connectivity index (χ4v) is 1.69. The summed E-state index contributed by atoms with van der Waals surface area (Å²) in [6.07, 6.45) is 1.64. The molecule has 102 valence electrons. The molecular formula is C12H16N4O3. The normalized spacial score (nSPS) is 10.9. The highest BCUT2D eigenvalue weighted by Crippen LogP contribution is 2.11.